The smallest absolute Gasteiger partial charge is 0.394 e. The highest BCUT2D eigenvalue weighted by Gasteiger charge is 1.94. The van der Waals surface area contributed by atoms with Crippen molar-refractivity contribution < 1.29 is 51.1 Å². The van der Waals surface area contributed by atoms with Crippen molar-refractivity contribution >= 4 is 10.4 Å². The third-order valence-corrected chi connectivity index (χ3v) is 2.99. The van der Waals surface area contributed by atoms with E-state index in [4.69, 9.17) is 51.1 Å². The van der Waals surface area contributed by atoms with Gasteiger partial charge in [0.05, 0.1) is 79.3 Å². The molecule has 11 nitrogen and oxygen atoms in total. The molecule has 3 N–H and O–H groups in total. The molecule has 0 radical (unpaired) electrons. The number of rotatable bonds is 21. The molecule has 0 aliphatic rings. The van der Waals surface area contributed by atoms with Crippen LogP contribution in [0.2, 0.25) is 0 Å². The maximum Gasteiger partial charge on any atom is 0.394 e. The van der Waals surface area contributed by atoms with Crippen LogP contribution in [0.3, 0.4) is 0 Å². The average Bonchev–Trinajstić information content (AvgIpc) is 2.65. The van der Waals surface area contributed by atoms with Crippen LogP contribution >= 0.6 is 0 Å². The minimum absolute atomic E-state index is 0.0426. The van der Waals surface area contributed by atoms with Gasteiger partial charge in [0.2, 0.25) is 0 Å². The van der Waals surface area contributed by atoms with Gasteiger partial charge in [-0.2, -0.15) is 8.42 Å². The van der Waals surface area contributed by atoms with E-state index in [2.05, 4.69) is 6.92 Å². The molecule has 0 heterocycles. The van der Waals surface area contributed by atoms with E-state index in [-0.39, 0.29) is 6.61 Å². The summed E-state index contributed by atoms with van der Waals surface area (Å²) in [4.78, 5) is 0. The Morgan fingerprint density at radius 1 is 0.552 bits per heavy atom. The molecule has 0 amide bonds. The summed E-state index contributed by atoms with van der Waals surface area (Å²) < 4.78 is 63.5. The van der Waals surface area contributed by atoms with Crippen LogP contribution in [-0.4, -0.2) is 109 Å². The fourth-order valence-corrected chi connectivity index (χ4v) is 1.72. The van der Waals surface area contributed by atoms with Gasteiger partial charge in [0.25, 0.3) is 0 Å². The normalized spacial score (nSPS) is 11.3. The minimum atomic E-state index is -4.67. The van der Waals surface area contributed by atoms with Crippen molar-refractivity contribution in [1.82, 2.24) is 0 Å². The molecule has 0 aromatic heterocycles. The summed E-state index contributed by atoms with van der Waals surface area (Å²) in [6.45, 7) is 8.99. The molecule has 178 valence electrons. The molecule has 0 bridgehead atoms. The third-order valence-electron chi connectivity index (χ3n) is 2.99. The first-order chi connectivity index (χ1) is 13.9. The Kier molecular flexibility index (Phi) is 27.2. The lowest BCUT2D eigenvalue weighted by Gasteiger charge is -2.08. The molecule has 0 saturated heterocycles. The first kappa shape index (κ1) is 30.8. The standard InChI is InChI=1S/C17H36O7.H2O4S/c1-2-3-4-6-19-8-10-21-12-14-23-16-17-24-15-13-22-11-9-20-7-5-18;1-5(2,3)4/h18H,2-17H2,1H3;(H2,1,2,3,4). The molecule has 0 aromatic carbocycles. The number of hydrogen-bond acceptors (Lipinski definition) is 9. The second-order valence-electron chi connectivity index (χ2n) is 5.55. The second-order valence-corrected chi connectivity index (χ2v) is 6.45. The second kappa shape index (κ2) is 25.6. The van der Waals surface area contributed by atoms with E-state index in [0.29, 0.717) is 72.7 Å². The highest BCUT2D eigenvalue weighted by atomic mass is 32.3. The van der Waals surface area contributed by atoms with Crippen LogP contribution in [-0.2, 0) is 38.8 Å². The van der Waals surface area contributed by atoms with Crippen molar-refractivity contribution in [3.8, 4) is 0 Å². The molecule has 0 rings (SSSR count). The number of ether oxygens (including phenoxy) is 6. The van der Waals surface area contributed by atoms with Crippen LogP contribution in [0.5, 0.6) is 0 Å². The average molecular weight is 451 g/mol. The quantitative estimate of drug-likeness (QED) is 0.167. The monoisotopic (exact) mass is 450 g/mol. The van der Waals surface area contributed by atoms with Gasteiger partial charge in [-0.15, -0.1) is 0 Å². The van der Waals surface area contributed by atoms with Crippen molar-refractivity contribution in [1.29, 1.82) is 0 Å². The minimum Gasteiger partial charge on any atom is -0.394 e. The molecule has 29 heavy (non-hydrogen) atoms. The van der Waals surface area contributed by atoms with E-state index in [1.54, 1.807) is 0 Å². The number of unbranched alkanes of at least 4 members (excludes halogenated alkanes) is 2. The Morgan fingerprint density at radius 2 is 0.828 bits per heavy atom. The van der Waals surface area contributed by atoms with Gasteiger partial charge in [-0.3, -0.25) is 9.11 Å². The lowest BCUT2D eigenvalue weighted by atomic mass is 10.3. The van der Waals surface area contributed by atoms with Crippen LogP contribution in [0.4, 0.5) is 0 Å². The lowest BCUT2D eigenvalue weighted by molar-refractivity contribution is -0.0182. The summed E-state index contributed by atoms with van der Waals surface area (Å²) in [5.41, 5.74) is 0. The van der Waals surface area contributed by atoms with Gasteiger partial charge in [-0.25, -0.2) is 0 Å². The van der Waals surface area contributed by atoms with Gasteiger partial charge < -0.3 is 33.5 Å². The predicted molar refractivity (Wildman–Crippen MR) is 106 cm³/mol. The summed E-state index contributed by atoms with van der Waals surface area (Å²) in [5, 5.41) is 8.51. The lowest BCUT2D eigenvalue weighted by Crippen LogP contribution is -2.14. The molecular formula is C17H38O11S. The molecule has 0 aliphatic carbocycles. The van der Waals surface area contributed by atoms with E-state index >= 15 is 0 Å². The number of aliphatic hydroxyl groups is 1. The fourth-order valence-electron chi connectivity index (χ4n) is 1.72. The number of aliphatic hydroxyl groups excluding tert-OH is 1. The highest BCUT2D eigenvalue weighted by Crippen LogP contribution is 1.93. The summed E-state index contributed by atoms with van der Waals surface area (Å²) >= 11 is 0. The van der Waals surface area contributed by atoms with E-state index in [1.807, 2.05) is 0 Å². The first-order valence-electron chi connectivity index (χ1n) is 9.69. The molecule has 12 heteroatoms. The zero-order chi connectivity index (χ0) is 22.1. The van der Waals surface area contributed by atoms with Crippen LogP contribution in [0.25, 0.3) is 0 Å². The first-order valence-corrected chi connectivity index (χ1v) is 11.1. The van der Waals surface area contributed by atoms with E-state index in [1.165, 1.54) is 12.8 Å². The SMILES string of the molecule is CCCCCOCCOCCOCCOCCOCCOCCO.O=S(=O)(O)O. The maximum atomic E-state index is 8.74. The Morgan fingerprint density at radius 3 is 1.10 bits per heavy atom. The molecule has 0 fully saturated rings. The van der Waals surface area contributed by atoms with Crippen molar-refractivity contribution in [2.24, 2.45) is 0 Å². The van der Waals surface area contributed by atoms with Crippen LogP contribution in [0.1, 0.15) is 26.2 Å². The van der Waals surface area contributed by atoms with Gasteiger partial charge >= 0.3 is 10.4 Å². The molecule has 0 atom stereocenters. The van der Waals surface area contributed by atoms with Gasteiger partial charge in [-0.05, 0) is 6.42 Å². The molecule has 0 spiro atoms. The fraction of sp³-hybridized carbons (Fsp3) is 1.00. The Balaban J connectivity index is 0. The number of hydrogen-bond donors (Lipinski definition) is 3. The van der Waals surface area contributed by atoms with Gasteiger partial charge in [0.15, 0.2) is 0 Å². The van der Waals surface area contributed by atoms with Gasteiger partial charge in [0.1, 0.15) is 0 Å². The topological polar surface area (TPSA) is 150 Å². The molecule has 0 aliphatic heterocycles. The molecule has 0 aromatic rings. The van der Waals surface area contributed by atoms with Crippen LogP contribution in [0, 0.1) is 0 Å². The van der Waals surface area contributed by atoms with Gasteiger partial charge in [-0.1, -0.05) is 19.8 Å². The summed E-state index contributed by atoms with van der Waals surface area (Å²) in [6.07, 6.45) is 3.57. The van der Waals surface area contributed by atoms with Crippen molar-refractivity contribution in [2.45, 2.75) is 26.2 Å². The third kappa shape index (κ3) is 42.6. The molecule has 0 unspecified atom stereocenters. The predicted octanol–water partition coefficient (Wildman–Crippen LogP) is 0.616. The van der Waals surface area contributed by atoms with Crippen molar-refractivity contribution in [3.05, 3.63) is 0 Å². The van der Waals surface area contributed by atoms with Crippen LogP contribution < -0.4 is 0 Å². The van der Waals surface area contributed by atoms with Crippen molar-refractivity contribution in [2.75, 3.05) is 85.9 Å². The Labute approximate surface area is 174 Å². The maximum absolute atomic E-state index is 8.74. The zero-order valence-electron chi connectivity index (χ0n) is 17.3. The highest BCUT2D eigenvalue weighted by molar-refractivity contribution is 7.79. The molecule has 0 saturated carbocycles. The summed E-state index contributed by atoms with van der Waals surface area (Å²) in [6, 6.07) is 0. The van der Waals surface area contributed by atoms with Crippen LogP contribution in [0.15, 0.2) is 0 Å². The molecular weight excluding hydrogens is 412 g/mol. The Bertz CT molecular complexity index is 363. The van der Waals surface area contributed by atoms with Gasteiger partial charge in [0, 0.05) is 6.61 Å². The summed E-state index contributed by atoms with van der Waals surface area (Å²) in [5.74, 6) is 0. The van der Waals surface area contributed by atoms with E-state index < -0.39 is 10.4 Å². The van der Waals surface area contributed by atoms with Crippen molar-refractivity contribution in [3.63, 3.8) is 0 Å². The van der Waals surface area contributed by atoms with E-state index in [9.17, 15) is 0 Å². The van der Waals surface area contributed by atoms with E-state index in [0.717, 1.165) is 13.0 Å². The Hall–Kier alpha value is -0.410. The largest absolute Gasteiger partial charge is 0.394 e. The zero-order valence-corrected chi connectivity index (χ0v) is 18.1. The summed E-state index contributed by atoms with van der Waals surface area (Å²) in [7, 11) is -4.67.